The van der Waals surface area contributed by atoms with Crippen molar-refractivity contribution >= 4 is 5.91 Å². The van der Waals surface area contributed by atoms with Crippen LogP contribution in [0.2, 0.25) is 0 Å². The molecule has 0 radical (unpaired) electrons. The van der Waals surface area contributed by atoms with E-state index in [4.69, 9.17) is 0 Å². The quantitative estimate of drug-likeness (QED) is 0.636. The Balaban J connectivity index is 1.58. The van der Waals surface area contributed by atoms with Crippen LogP contribution in [0.4, 0.5) is 0 Å². The van der Waals surface area contributed by atoms with Gasteiger partial charge in [-0.25, -0.2) is 0 Å². The molecule has 2 aliphatic rings. The zero-order valence-electron chi connectivity index (χ0n) is 11.2. The summed E-state index contributed by atoms with van der Waals surface area (Å²) in [7, 11) is 0. The molecular weight excluding hydrogens is 228 g/mol. The van der Waals surface area contributed by atoms with E-state index in [1.807, 2.05) is 0 Å². The number of aliphatic hydroxyl groups excluding tert-OH is 1. The van der Waals surface area contributed by atoms with Crippen molar-refractivity contribution in [3.63, 3.8) is 0 Å². The molecular formula is C14H26N2O2. The summed E-state index contributed by atoms with van der Waals surface area (Å²) in [4.78, 5) is 11.7. The van der Waals surface area contributed by atoms with E-state index >= 15 is 0 Å². The van der Waals surface area contributed by atoms with Crippen LogP contribution in [-0.4, -0.2) is 36.8 Å². The first kappa shape index (κ1) is 13.8. The number of hydrogen-bond donors (Lipinski definition) is 3. The van der Waals surface area contributed by atoms with E-state index in [0.29, 0.717) is 24.3 Å². The molecule has 0 saturated heterocycles. The summed E-state index contributed by atoms with van der Waals surface area (Å²) in [6, 6.07) is 0.676. The van der Waals surface area contributed by atoms with Gasteiger partial charge in [0.1, 0.15) is 0 Å². The summed E-state index contributed by atoms with van der Waals surface area (Å²) < 4.78 is 0. The van der Waals surface area contributed by atoms with Gasteiger partial charge in [-0.3, -0.25) is 4.79 Å². The van der Waals surface area contributed by atoms with Crippen molar-refractivity contribution in [3.05, 3.63) is 0 Å². The van der Waals surface area contributed by atoms with Crippen molar-refractivity contribution < 1.29 is 9.90 Å². The fourth-order valence-corrected chi connectivity index (χ4v) is 2.80. The molecule has 0 aromatic carbocycles. The van der Waals surface area contributed by atoms with Gasteiger partial charge in [-0.2, -0.15) is 0 Å². The number of carbonyl (C=O) groups is 1. The molecule has 2 atom stereocenters. The molecule has 2 saturated carbocycles. The molecule has 0 aromatic heterocycles. The predicted molar refractivity (Wildman–Crippen MR) is 71.2 cm³/mol. The summed E-state index contributed by atoms with van der Waals surface area (Å²) in [6.07, 6.45) is 7.82. The van der Waals surface area contributed by atoms with Crippen LogP contribution >= 0.6 is 0 Å². The maximum Gasteiger partial charge on any atom is 0.221 e. The van der Waals surface area contributed by atoms with Crippen molar-refractivity contribution in [1.82, 2.24) is 10.6 Å². The third-order valence-electron chi connectivity index (χ3n) is 4.22. The zero-order valence-corrected chi connectivity index (χ0v) is 11.2. The second kappa shape index (κ2) is 7.10. The van der Waals surface area contributed by atoms with E-state index in [1.54, 1.807) is 0 Å². The van der Waals surface area contributed by atoms with Crippen molar-refractivity contribution in [2.45, 2.75) is 51.0 Å². The van der Waals surface area contributed by atoms with Crippen LogP contribution in [0.3, 0.4) is 0 Å². The Morgan fingerprint density at radius 1 is 1.11 bits per heavy atom. The summed E-state index contributed by atoms with van der Waals surface area (Å²) in [5.74, 6) is 1.01. The van der Waals surface area contributed by atoms with Gasteiger partial charge in [0.25, 0.3) is 0 Å². The Labute approximate surface area is 110 Å². The van der Waals surface area contributed by atoms with Crippen LogP contribution in [0.5, 0.6) is 0 Å². The highest BCUT2D eigenvalue weighted by Gasteiger charge is 2.24. The monoisotopic (exact) mass is 254 g/mol. The highest BCUT2D eigenvalue weighted by atomic mass is 16.3. The third-order valence-corrected chi connectivity index (χ3v) is 4.22. The molecule has 4 nitrogen and oxygen atoms in total. The fourth-order valence-electron chi connectivity index (χ4n) is 2.80. The standard InChI is InChI=1S/C14H26N2O2/c17-10-12-4-2-1-3-11(12)9-16-14(18)7-8-15-13-5-6-13/h11-13,15,17H,1-10H2,(H,16,18). The molecule has 18 heavy (non-hydrogen) atoms. The predicted octanol–water partition coefficient (Wildman–Crippen LogP) is 1.04. The lowest BCUT2D eigenvalue weighted by atomic mass is 9.79. The van der Waals surface area contributed by atoms with Crippen LogP contribution in [-0.2, 0) is 4.79 Å². The van der Waals surface area contributed by atoms with E-state index in [9.17, 15) is 9.90 Å². The highest BCUT2D eigenvalue weighted by molar-refractivity contribution is 5.76. The van der Waals surface area contributed by atoms with E-state index in [0.717, 1.165) is 25.9 Å². The van der Waals surface area contributed by atoms with Gasteiger partial charge in [0, 0.05) is 32.2 Å². The van der Waals surface area contributed by atoms with Crippen LogP contribution in [0.25, 0.3) is 0 Å². The van der Waals surface area contributed by atoms with Crippen molar-refractivity contribution in [2.75, 3.05) is 19.7 Å². The van der Waals surface area contributed by atoms with Gasteiger partial charge in [0.2, 0.25) is 5.91 Å². The molecule has 2 unspecified atom stereocenters. The van der Waals surface area contributed by atoms with Crippen molar-refractivity contribution in [1.29, 1.82) is 0 Å². The summed E-state index contributed by atoms with van der Waals surface area (Å²) >= 11 is 0. The van der Waals surface area contributed by atoms with Gasteiger partial charge in [0.15, 0.2) is 0 Å². The molecule has 104 valence electrons. The number of amides is 1. The smallest absolute Gasteiger partial charge is 0.221 e. The minimum absolute atomic E-state index is 0.144. The second-order valence-electron chi connectivity index (χ2n) is 5.77. The maximum absolute atomic E-state index is 11.7. The molecule has 2 aliphatic carbocycles. The summed E-state index contributed by atoms with van der Waals surface area (Å²) in [5.41, 5.74) is 0. The molecule has 2 rings (SSSR count). The SMILES string of the molecule is O=C(CCNC1CC1)NCC1CCCCC1CO. The third kappa shape index (κ3) is 4.58. The lowest BCUT2D eigenvalue weighted by molar-refractivity contribution is -0.121. The first-order chi connectivity index (χ1) is 8.79. The topological polar surface area (TPSA) is 61.4 Å². The Morgan fingerprint density at radius 2 is 1.83 bits per heavy atom. The van der Waals surface area contributed by atoms with Crippen LogP contribution in [0, 0.1) is 11.8 Å². The average Bonchev–Trinajstić information content (AvgIpc) is 3.21. The first-order valence-electron chi connectivity index (χ1n) is 7.40. The van der Waals surface area contributed by atoms with Gasteiger partial charge in [-0.05, 0) is 37.5 Å². The van der Waals surface area contributed by atoms with Gasteiger partial charge in [0.05, 0.1) is 0 Å². The number of carbonyl (C=O) groups excluding carboxylic acids is 1. The zero-order chi connectivity index (χ0) is 12.8. The molecule has 0 bridgehead atoms. The minimum Gasteiger partial charge on any atom is -0.396 e. The van der Waals surface area contributed by atoms with E-state index in [1.165, 1.54) is 25.7 Å². The molecule has 4 heteroatoms. The molecule has 2 fully saturated rings. The Bertz CT molecular complexity index is 267. The Morgan fingerprint density at radius 3 is 2.50 bits per heavy atom. The lowest BCUT2D eigenvalue weighted by Gasteiger charge is -2.30. The van der Waals surface area contributed by atoms with Gasteiger partial charge in [-0.1, -0.05) is 12.8 Å². The lowest BCUT2D eigenvalue weighted by Crippen LogP contribution is -2.36. The number of hydrogen-bond acceptors (Lipinski definition) is 3. The Hall–Kier alpha value is -0.610. The van der Waals surface area contributed by atoms with Crippen molar-refractivity contribution in [3.8, 4) is 0 Å². The van der Waals surface area contributed by atoms with Crippen molar-refractivity contribution in [2.24, 2.45) is 11.8 Å². The first-order valence-corrected chi connectivity index (χ1v) is 7.40. The number of rotatable bonds is 7. The minimum atomic E-state index is 0.144. The van der Waals surface area contributed by atoms with Gasteiger partial charge >= 0.3 is 0 Å². The summed E-state index contributed by atoms with van der Waals surface area (Å²) in [5, 5.41) is 15.7. The molecule has 3 N–H and O–H groups in total. The molecule has 1 amide bonds. The average molecular weight is 254 g/mol. The normalized spacial score (nSPS) is 28.1. The molecule has 0 aliphatic heterocycles. The van der Waals surface area contributed by atoms with Crippen LogP contribution in [0.1, 0.15) is 44.9 Å². The molecule has 0 aromatic rings. The Kier molecular flexibility index (Phi) is 5.45. The van der Waals surface area contributed by atoms with Crippen LogP contribution in [0.15, 0.2) is 0 Å². The van der Waals surface area contributed by atoms with E-state index < -0.39 is 0 Å². The van der Waals surface area contributed by atoms with Gasteiger partial charge in [-0.15, -0.1) is 0 Å². The highest BCUT2D eigenvalue weighted by Crippen LogP contribution is 2.29. The molecule has 0 heterocycles. The van der Waals surface area contributed by atoms with Crippen LogP contribution < -0.4 is 10.6 Å². The largest absolute Gasteiger partial charge is 0.396 e. The molecule has 0 spiro atoms. The van der Waals surface area contributed by atoms with Gasteiger partial charge < -0.3 is 15.7 Å². The van der Waals surface area contributed by atoms with E-state index in [2.05, 4.69) is 10.6 Å². The summed E-state index contributed by atoms with van der Waals surface area (Å²) in [6.45, 7) is 1.81. The number of aliphatic hydroxyl groups is 1. The number of nitrogens with one attached hydrogen (secondary N) is 2. The maximum atomic E-state index is 11.7. The van der Waals surface area contributed by atoms with E-state index in [-0.39, 0.29) is 12.5 Å². The fraction of sp³-hybridized carbons (Fsp3) is 0.929. The second-order valence-corrected chi connectivity index (χ2v) is 5.77.